The standard InChI is InChI=1S/C21H14O5S/c1-24-14-5-2-4-13(10-14)21(23)25-15-7-8-17-18(11-15)26-19(20(17)22)12-16-6-3-9-27-16/h2-12H,1H3. The van der Waals surface area contributed by atoms with Gasteiger partial charge in [0.15, 0.2) is 5.76 Å². The van der Waals surface area contributed by atoms with Gasteiger partial charge in [-0.05, 0) is 41.8 Å². The van der Waals surface area contributed by atoms with Crippen molar-refractivity contribution in [3.05, 3.63) is 81.7 Å². The smallest absolute Gasteiger partial charge is 0.343 e. The first-order valence-corrected chi connectivity index (χ1v) is 9.00. The van der Waals surface area contributed by atoms with Gasteiger partial charge in [0.05, 0.1) is 18.2 Å². The first kappa shape index (κ1) is 17.1. The van der Waals surface area contributed by atoms with Crippen LogP contribution in [0, 0.1) is 0 Å². The van der Waals surface area contributed by atoms with Crippen LogP contribution < -0.4 is 14.2 Å². The number of Topliss-reactive ketones (excluding diaryl/α,β-unsaturated/α-hetero) is 1. The van der Waals surface area contributed by atoms with Crippen molar-refractivity contribution in [3.8, 4) is 17.2 Å². The van der Waals surface area contributed by atoms with Gasteiger partial charge in [0, 0.05) is 17.0 Å². The topological polar surface area (TPSA) is 61.8 Å². The lowest BCUT2D eigenvalue weighted by Gasteiger charge is -2.07. The summed E-state index contributed by atoms with van der Waals surface area (Å²) in [7, 11) is 1.53. The third kappa shape index (κ3) is 3.47. The van der Waals surface area contributed by atoms with Crippen LogP contribution in [-0.4, -0.2) is 18.9 Å². The fourth-order valence-corrected chi connectivity index (χ4v) is 3.30. The second kappa shape index (κ2) is 7.09. The van der Waals surface area contributed by atoms with E-state index in [-0.39, 0.29) is 11.5 Å². The molecule has 3 aromatic rings. The Morgan fingerprint density at radius 2 is 1.96 bits per heavy atom. The van der Waals surface area contributed by atoms with Crippen molar-refractivity contribution >= 4 is 29.2 Å². The maximum atomic E-state index is 12.4. The van der Waals surface area contributed by atoms with E-state index in [1.807, 2.05) is 17.5 Å². The van der Waals surface area contributed by atoms with E-state index in [2.05, 4.69) is 0 Å². The SMILES string of the molecule is COc1cccc(C(=O)Oc2ccc3c(c2)OC(=Cc2cccs2)C3=O)c1. The summed E-state index contributed by atoms with van der Waals surface area (Å²) in [4.78, 5) is 25.7. The Balaban J connectivity index is 1.55. The zero-order valence-electron chi connectivity index (χ0n) is 14.3. The van der Waals surface area contributed by atoms with Gasteiger partial charge >= 0.3 is 5.97 Å². The lowest BCUT2D eigenvalue weighted by Crippen LogP contribution is -2.08. The van der Waals surface area contributed by atoms with Crippen molar-refractivity contribution in [2.24, 2.45) is 0 Å². The number of thiophene rings is 1. The number of methoxy groups -OCH3 is 1. The zero-order valence-corrected chi connectivity index (χ0v) is 15.1. The number of carbonyl (C=O) groups excluding carboxylic acids is 2. The molecular formula is C21H14O5S. The van der Waals surface area contributed by atoms with Gasteiger partial charge in [-0.15, -0.1) is 11.3 Å². The largest absolute Gasteiger partial charge is 0.497 e. The molecule has 6 heteroatoms. The van der Waals surface area contributed by atoms with Crippen LogP contribution in [0.2, 0.25) is 0 Å². The molecule has 2 heterocycles. The van der Waals surface area contributed by atoms with Crippen molar-refractivity contribution in [1.29, 1.82) is 0 Å². The molecule has 134 valence electrons. The van der Waals surface area contributed by atoms with E-state index in [9.17, 15) is 9.59 Å². The number of hydrogen-bond acceptors (Lipinski definition) is 6. The Bertz CT molecular complexity index is 1050. The Hall–Kier alpha value is -3.38. The van der Waals surface area contributed by atoms with Crippen LogP contribution in [-0.2, 0) is 0 Å². The molecule has 0 spiro atoms. The van der Waals surface area contributed by atoms with Crippen LogP contribution in [0.15, 0.2) is 65.7 Å². The number of benzene rings is 2. The number of ether oxygens (including phenoxy) is 3. The summed E-state index contributed by atoms with van der Waals surface area (Å²) in [5, 5.41) is 1.93. The highest BCUT2D eigenvalue weighted by molar-refractivity contribution is 7.10. The highest BCUT2D eigenvalue weighted by Gasteiger charge is 2.28. The molecule has 1 aliphatic rings. The Kier molecular flexibility index (Phi) is 4.48. The first-order valence-electron chi connectivity index (χ1n) is 8.12. The van der Waals surface area contributed by atoms with E-state index in [0.717, 1.165) is 4.88 Å². The summed E-state index contributed by atoms with van der Waals surface area (Å²) in [5.74, 6) is 0.779. The molecule has 0 aliphatic carbocycles. The lowest BCUT2D eigenvalue weighted by molar-refractivity contribution is 0.0734. The minimum Gasteiger partial charge on any atom is -0.497 e. The van der Waals surface area contributed by atoms with E-state index < -0.39 is 5.97 Å². The van der Waals surface area contributed by atoms with E-state index in [1.165, 1.54) is 18.4 Å². The number of carbonyl (C=O) groups is 2. The minimum atomic E-state index is -0.521. The molecule has 2 aromatic carbocycles. The predicted octanol–water partition coefficient (Wildman–Crippen LogP) is 4.59. The van der Waals surface area contributed by atoms with Gasteiger partial charge in [0.2, 0.25) is 5.78 Å². The van der Waals surface area contributed by atoms with Gasteiger partial charge < -0.3 is 14.2 Å². The van der Waals surface area contributed by atoms with Gasteiger partial charge in [-0.2, -0.15) is 0 Å². The highest BCUT2D eigenvalue weighted by Crippen LogP contribution is 2.35. The molecule has 5 nitrogen and oxygen atoms in total. The van der Waals surface area contributed by atoms with Gasteiger partial charge in [-0.1, -0.05) is 12.1 Å². The molecule has 0 saturated carbocycles. The summed E-state index contributed by atoms with van der Waals surface area (Å²) in [6, 6.07) is 15.2. The third-order valence-electron chi connectivity index (χ3n) is 3.97. The van der Waals surface area contributed by atoms with Crippen molar-refractivity contribution in [1.82, 2.24) is 0 Å². The Morgan fingerprint density at radius 1 is 1.07 bits per heavy atom. The highest BCUT2D eigenvalue weighted by atomic mass is 32.1. The number of rotatable bonds is 4. The van der Waals surface area contributed by atoms with Gasteiger partial charge in [-0.3, -0.25) is 4.79 Å². The quantitative estimate of drug-likeness (QED) is 0.377. The summed E-state index contributed by atoms with van der Waals surface area (Å²) in [5.41, 5.74) is 0.809. The van der Waals surface area contributed by atoms with Crippen molar-refractivity contribution < 1.29 is 23.8 Å². The van der Waals surface area contributed by atoms with Crippen LogP contribution in [0.3, 0.4) is 0 Å². The van der Waals surface area contributed by atoms with E-state index in [0.29, 0.717) is 28.4 Å². The molecule has 0 unspecified atom stereocenters. The number of fused-ring (bicyclic) bond motifs is 1. The van der Waals surface area contributed by atoms with Crippen LogP contribution in [0.4, 0.5) is 0 Å². The van der Waals surface area contributed by atoms with Crippen molar-refractivity contribution in [2.75, 3.05) is 7.11 Å². The summed E-state index contributed by atoms with van der Waals surface area (Å²) >= 11 is 1.51. The number of esters is 1. The monoisotopic (exact) mass is 378 g/mol. The molecule has 0 bridgehead atoms. The second-order valence-electron chi connectivity index (χ2n) is 5.73. The van der Waals surface area contributed by atoms with Crippen molar-refractivity contribution in [3.63, 3.8) is 0 Å². The summed E-state index contributed by atoms with van der Waals surface area (Å²) in [6.45, 7) is 0. The Labute approximate surface area is 159 Å². The van der Waals surface area contributed by atoms with Crippen LogP contribution in [0.25, 0.3) is 6.08 Å². The van der Waals surface area contributed by atoms with Gasteiger partial charge in [0.25, 0.3) is 0 Å². The van der Waals surface area contributed by atoms with Crippen LogP contribution in [0.5, 0.6) is 17.2 Å². The normalized spacial score (nSPS) is 14.0. The second-order valence-corrected chi connectivity index (χ2v) is 6.71. The maximum absolute atomic E-state index is 12.4. The number of allylic oxidation sites excluding steroid dienone is 1. The molecule has 0 atom stereocenters. The number of ketones is 1. The molecule has 0 fully saturated rings. The Morgan fingerprint density at radius 3 is 2.74 bits per heavy atom. The third-order valence-corrected chi connectivity index (χ3v) is 4.79. The average molecular weight is 378 g/mol. The number of hydrogen-bond donors (Lipinski definition) is 0. The zero-order chi connectivity index (χ0) is 18.8. The molecule has 4 rings (SSSR count). The van der Waals surface area contributed by atoms with Gasteiger partial charge in [-0.25, -0.2) is 4.79 Å². The molecule has 1 aliphatic heterocycles. The molecule has 0 radical (unpaired) electrons. The fourth-order valence-electron chi connectivity index (χ4n) is 2.65. The minimum absolute atomic E-state index is 0.191. The van der Waals surface area contributed by atoms with Gasteiger partial charge in [0.1, 0.15) is 17.2 Å². The molecule has 27 heavy (non-hydrogen) atoms. The molecule has 1 aromatic heterocycles. The molecular weight excluding hydrogens is 364 g/mol. The predicted molar refractivity (Wildman–Crippen MR) is 102 cm³/mol. The maximum Gasteiger partial charge on any atom is 0.343 e. The van der Waals surface area contributed by atoms with E-state index in [1.54, 1.807) is 48.5 Å². The molecule has 0 N–H and O–H groups in total. The summed E-state index contributed by atoms with van der Waals surface area (Å²) < 4.78 is 16.2. The average Bonchev–Trinajstić information content (AvgIpc) is 3.30. The summed E-state index contributed by atoms with van der Waals surface area (Å²) in [6.07, 6.45) is 1.70. The van der Waals surface area contributed by atoms with Crippen LogP contribution in [0.1, 0.15) is 25.6 Å². The fraction of sp³-hybridized carbons (Fsp3) is 0.0476. The first-order chi connectivity index (χ1) is 13.1. The lowest BCUT2D eigenvalue weighted by atomic mass is 10.1. The van der Waals surface area contributed by atoms with E-state index in [4.69, 9.17) is 14.2 Å². The van der Waals surface area contributed by atoms with Crippen LogP contribution >= 0.6 is 11.3 Å². The van der Waals surface area contributed by atoms with Crippen molar-refractivity contribution in [2.45, 2.75) is 0 Å². The molecule has 0 saturated heterocycles. The molecule has 0 amide bonds. The van der Waals surface area contributed by atoms with E-state index >= 15 is 0 Å².